The molecule has 1 aliphatic heterocycles. The number of likely N-dealkylation sites (N-methyl/N-ethyl adjacent to an activating group) is 1. The fraction of sp³-hybridized carbons (Fsp3) is 0.200. The SMILES string of the molecule is CCN1C(C(=O)Nc2cncc(Cl)n2)C(=O)c2ccccc2S1(=O)=O. The second-order valence-electron chi connectivity index (χ2n) is 5.19. The van der Waals surface area contributed by atoms with Gasteiger partial charge in [0, 0.05) is 12.1 Å². The molecule has 0 spiro atoms. The van der Waals surface area contributed by atoms with Crippen LogP contribution in [-0.4, -0.2) is 47.0 Å². The van der Waals surface area contributed by atoms with Gasteiger partial charge in [0.2, 0.25) is 10.0 Å². The molecule has 1 aromatic heterocycles. The Bertz CT molecular complexity index is 964. The van der Waals surface area contributed by atoms with Crippen LogP contribution in [0.25, 0.3) is 0 Å². The Morgan fingerprint density at radius 2 is 2.04 bits per heavy atom. The van der Waals surface area contributed by atoms with E-state index in [1.807, 2.05) is 0 Å². The van der Waals surface area contributed by atoms with Gasteiger partial charge in [0.1, 0.15) is 5.15 Å². The molecule has 0 saturated carbocycles. The number of fused-ring (bicyclic) bond motifs is 1. The van der Waals surface area contributed by atoms with Crippen molar-refractivity contribution in [2.75, 3.05) is 11.9 Å². The lowest BCUT2D eigenvalue weighted by Crippen LogP contribution is -2.55. The molecule has 1 aliphatic rings. The second kappa shape index (κ2) is 6.51. The molecule has 0 radical (unpaired) electrons. The minimum absolute atomic E-state index is 0.00970. The van der Waals surface area contributed by atoms with E-state index in [9.17, 15) is 18.0 Å². The Morgan fingerprint density at radius 1 is 1.32 bits per heavy atom. The van der Waals surface area contributed by atoms with Crippen molar-refractivity contribution in [1.82, 2.24) is 14.3 Å². The lowest BCUT2D eigenvalue weighted by Gasteiger charge is -2.32. The fourth-order valence-electron chi connectivity index (χ4n) is 2.64. The van der Waals surface area contributed by atoms with E-state index in [0.717, 1.165) is 4.31 Å². The predicted molar refractivity (Wildman–Crippen MR) is 89.8 cm³/mol. The summed E-state index contributed by atoms with van der Waals surface area (Å²) >= 11 is 5.71. The number of anilines is 1. The molecule has 0 aliphatic carbocycles. The van der Waals surface area contributed by atoms with Crippen LogP contribution in [0.15, 0.2) is 41.6 Å². The molecule has 25 heavy (non-hydrogen) atoms. The molecule has 10 heteroatoms. The molecule has 130 valence electrons. The molecule has 8 nitrogen and oxygen atoms in total. The summed E-state index contributed by atoms with van der Waals surface area (Å²) in [5.41, 5.74) is -0.00970. The number of nitrogens with one attached hydrogen (secondary N) is 1. The smallest absolute Gasteiger partial charge is 0.252 e. The van der Waals surface area contributed by atoms with Crippen molar-refractivity contribution >= 4 is 39.1 Å². The maximum atomic E-state index is 12.7. The number of halogens is 1. The number of sulfonamides is 1. The number of rotatable bonds is 3. The van der Waals surface area contributed by atoms with Crippen LogP contribution in [0.4, 0.5) is 5.82 Å². The molecule has 1 atom stereocenters. The zero-order chi connectivity index (χ0) is 18.2. The van der Waals surface area contributed by atoms with Crippen molar-refractivity contribution in [3.63, 3.8) is 0 Å². The number of benzene rings is 1. The summed E-state index contributed by atoms with van der Waals surface area (Å²) in [6.45, 7) is 1.51. The van der Waals surface area contributed by atoms with Crippen molar-refractivity contribution in [1.29, 1.82) is 0 Å². The van der Waals surface area contributed by atoms with Crippen LogP contribution in [0.3, 0.4) is 0 Å². The highest BCUT2D eigenvalue weighted by molar-refractivity contribution is 7.89. The summed E-state index contributed by atoms with van der Waals surface area (Å²) in [7, 11) is -3.97. The van der Waals surface area contributed by atoms with Crippen molar-refractivity contribution < 1.29 is 18.0 Å². The highest BCUT2D eigenvalue weighted by Gasteiger charge is 2.46. The van der Waals surface area contributed by atoms with E-state index in [4.69, 9.17) is 11.6 Å². The van der Waals surface area contributed by atoms with Crippen molar-refractivity contribution in [2.45, 2.75) is 17.9 Å². The zero-order valence-electron chi connectivity index (χ0n) is 13.0. The van der Waals surface area contributed by atoms with E-state index < -0.39 is 27.8 Å². The van der Waals surface area contributed by atoms with E-state index >= 15 is 0 Å². The number of ketones is 1. The van der Waals surface area contributed by atoms with Gasteiger partial charge in [0.05, 0.1) is 17.3 Å². The van der Waals surface area contributed by atoms with Gasteiger partial charge in [-0.25, -0.2) is 13.4 Å². The minimum Gasteiger partial charge on any atom is -0.308 e. The van der Waals surface area contributed by atoms with Crippen molar-refractivity contribution in [3.05, 3.63) is 47.4 Å². The normalized spacial score (nSPS) is 19.3. The predicted octanol–water partition coefficient (Wildman–Crippen LogP) is 1.34. The third-order valence-electron chi connectivity index (χ3n) is 3.69. The minimum atomic E-state index is -3.97. The van der Waals surface area contributed by atoms with Crippen molar-refractivity contribution in [3.8, 4) is 0 Å². The van der Waals surface area contributed by atoms with Crippen LogP contribution in [0.2, 0.25) is 5.15 Å². The van der Waals surface area contributed by atoms with Crippen LogP contribution in [0.5, 0.6) is 0 Å². The van der Waals surface area contributed by atoms with E-state index in [0.29, 0.717) is 0 Å². The third kappa shape index (κ3) is 3.01. The van der Waals surface area contributed by atoms with Crippen LogP contribution >= 0.6 is 11.6 Å². The van der Waals surface area contributed by atoms with Crippen LogP contribution in [0, 0.1) is 0 Å². The van der Waals surface area contributed by atoms with Gasteiger partial charge in [-0.05, 0) is 12.1 Å². The van der Waals surface area contributed by atoms with Gasteiger partial charge >= 0.3 is 0 Å². The van der Waals surface area contributed by atoms with Gasteiger partial charge < -0.3 is 5.32 Å². The summed E-state index contributed by atoms with van der Waals surface area (Å²) < 4.78 is 26.4. The highest BCUT2D eigenvalue weighted by atomic mass is 35.5. The Morgan fingerprint density at radius 3 is 2.72 bits per heavy atom. The molecule has 1 amide bonds. The first-order chi connectivity index (χ1) is 11.9. The first-order valence-electron chi connectivity index (χ1n) is 7.29. The molecule has 3 rings (SSSR count). The number of carbonyl (C=O) groups excluding carboxylic acids is 2. The summed E-state index contributed by atoms with van der Waals surface area (Å²) in [6.07, 6.45) is 2.53. The average Bonchev–Trinajstić information content (AvgIpc) is 2.58. The first kappa shape index (κ1) is 17.5. The second-order valence-corrected chi connectivity index (χ2v) is 7.43. The van der Waals surface area contributed by atoms with Gasteiger partial charge in [-0.3, -0.25) is 14.6 Å². The summed E-state index contributed by atoms with van der Waals surface area (Å²) in [4.78, 5) is 32.9. The lowest BCUT2D eigenvalue weighted by molar-refractivity contribution is -0.118. The molecule has 0 saturated heterocycles. The number of carbonyl (C=O) groups is 2. The van der Waals surface area contributed by atoms with Crippen LogP contribution in [0.1, 0.15) is 17.3 Å². The van der Waals surface area contributed by atoms with Gasteiger partial charge in [0.15, 0.2) is 17.6 Å². The number of Topliss-reactive ketones (excluding diaryl/α,β-unsaturated/α-hetero) is 1. The molecule has 2 aromatic rings. The molecular formula is C15H13ClN4O4S. The number of aromatic nitrogens is 2. The summed E-state index contributed by atoms with van der Waals surface area (Å²) in [6, 6.07) is 4.29. The molecule has 1 aromatic carbocycles. The van der Waals surface area contributed by atoms with Gasteiger partial charge in [-0.1, -0.05) is 30.7 Å². The van der Waals surface area contributed by atoms with Crippen LogP contribution < -0.4 is 5.32 Å². The maximum Gasteiger partial charge on any atom is 0.252 e. The number of nitrogens with zero attached hydrogens (tertiary/aromatic N) is 3. The Balaban J connectivity index is 2.03. The topological polar surface area (TPSA) is 109 Å². The van der Waals surface area contributed by atoms with E-state index in [1.54, 1.807) is 13.0 Å². The zero-order valence-corrected chi connectivity index (χ0v) is 14.6. The Kier molecular flexibility index (Phi) is 4.55. The number of hydrogen-bond donors (Lipinski definition) is 1. The molecule has 1 N–H and O–H groups in total. The van der Waals surface area contributed by atoms with E-state index in [2.05, 4.69) is 15.3 Å². The van der Waals surface area contributed by atoms with Gasteiger partial charge in [0.25, 0.3) is 5.91 Å². The summed E-state index contributed by atoms with van der Waals surface area (Å²) in [5.74, 6) is -1.39. The van der Waals surface area contributed by atoms with Gasteiger partial charge in [-0.2, -0.15) is 4.31 Å². The number of hydrogen-bond acceptors (Lipinski definition) is 6. The number of amides is 1. The highest BCUT2D eigenvalue weighted by Crippen LogP contribution is 2.30. The molecular weight excluding hydrogens is 368 g/mol. The van der Waals surface area contributed by atoms with E-state index in [-0.39, 0.29) is 28.0 Å². The maximum absolute atomic E-state index is 12.7. The molecule has 2 heterocycles. The quantitative estimate of drug-likeness (QED) is 0.805. The monoisotopic (exact) mass is 380 g/mol. The first-order valence-corrected chi connectivity index (χ1v) is 9.11. The fourth-order valence-corrected chi connectivity index (χ4v) is 4.54. The molecule has 1 unspecified atom stereocenters. The Labute approximate surface area is 148 Å². The molecule has 0 bridgehead atoms. The van der Waals surface area contributed by atoms with Crippen LogP contribution in [-0.2, 0) is 14.8 Å². The van der Waals surface area contributed by atoms with Gasteiger partial charge in [-0.15, -0.1) is 0 Å². The van der Waals surface area contributed by atoms with E-state index in [1.165, 1.54) is 30.6 Å². The average molecular weight is 381 g/mol. The Hall–Kier alpha value is -2.36. The van der Waals surface area contributed by atoms with Crippen molar-refractivity contribution in [2.24, 2.45) is 0 Å². The lowest BCUT2D eigenvalue weighted by atomic mass is 10.0. The largest absolute Gasteiger partial charge is 0.308 e. The molecule has 0 fully saturated rings. The summed E-state index contributed by atoms with van der Waals surface area (Å²) in [5, 5.41) is 2.45. The standard InChI is InChI=1S/C15H13ClN4O4S/c1-2-20-13(15(22)19-12-8-17-7-11(16)18-12)14(21)9-5-3-4-6-10(9)25(20,23)24/h3-8,13H,2H2,1H3,(H,18,19,22). The third-order valence-corrected chi connectivity index (χ3v) is 5.87.